The van der Waals surface area contributed by atoms with Crippen LogP contribution in [0.4, 0.5) is 0 Å². The number of methoxy groups -OCH3 is 1. The summed E-state index contributed by atoms with van der Waals surface area (Å²) in [6, 6.07) is 15.9. The Bertz CT molecular complexity index is 911. The quantitative estimate of drug-likeness (QED) is 0.516. The summed E-state index contributed by atoms with van der Waals surface area (Å²) in [4.78, 5) is 2.40. The molecular weight excluding hydrogens is 436 g/mol. The molecule has 2 rings (SSSR count). The van der Waals surface area contributed by atoms with E-state index in [1.54, 1.807) is 44.5 Å². The highest BCUT2D eigenvalue weighted by Gasteiger charge is 2.28. The lowest BCUT2D eigenvalue weighted by Crippen LogP contribution is -2.44. The molecule has 0 aliphatic carbocycles. The third-order valence-corrected chi connectivity index (χ3v) is 7.77. The van der Waals surface area contributed by atoms with Crippen molar-refractivity contribution in [3.05, 3.63) is 65.2 Å². The van der Waals surface area contributed by atoms with Crippen molar-refractivity contribution in [2.75, 3.05) is 33.9 Å². The van der Waals surface area contributed by atoms with Gasteiger partial charge in [0.25, 0.3) is 0 Å². The van der Waals surface area contributed by atoms with Gasteiger partial charge in [0, 0.05) is 44.9 Å². The minimum atomic E-state index is -3.60. The van der Waals surface area contributed by atoms with E-state index in [0.29, 0.717) is 18.1 Å². The van der Waals surface area contributed by atoms with Gasteiger partial charge in [0.1, 0.15) is 0 Å². The van der Waals surface area contributed by atoms with Crippen LogP contribution in [0.5, 0.6) is 0 Å². The molecule has 6 nitrogen and oxygen atoms in total. The van der Waals surface area contributed by atoms with Gasteiger partial charge < -0.3 is 9.84 Å². The molecule has 0 aliphatic rings. The molecule has 0 amide bonds. The minimum Gasteiger partial charge on any atom is -0.395 e. The summed E-state index contributed by atoms with van der Waals surface area (Å²) in [6.45, 7) is 5.42. The van der Waals surface area contributed by atoms with Crippen LogP contribution in [0.25, 0.3) is 0 Å². The number of aliphatic hydroxyl groups is 1. The van der Waals surface area contributed by atoms with Crippen molar-refractivity contribution >= 4 is 21.6 Å². The number of hydrogen-bond donors (Lipinski definition) is 1. The number of rotatable bonds is 12. The van der Waals surface area contributed by atoms with Gasteiger partial charge in [-0.3, -0.25) is 4.90 Å². The van der Waals surface area contributed by atoms with Crippen LogP contribution in [0.1, 0.15) is 19.4 Å². The SMILES string of the molecule is CO[C@@H](CN(C)S(=O)(=O)c1ccccc1)[C@@H](C)CN(Cc1ccccc1Cl)[C@@H](C)CO. The van der Waals surface area contributed by atoms with Crippen molar-refractivity contribution < 1.29 is 18.3 Å². The molecule has 2 aromatic carbocycles. The Morgan fingerprint density at radius 3 is 2.23 bits per heavy atom. The summed E-state index contributed by atoms with van der Waals surface area (Å²) >= 11 is 6.33. The molecule has 0 aliphatic heterocycles. The number of benzene rings is 2. The van der Waals surface area contributed by atoms with E-state index < -0.39 is 10.0 Å². The van der Waals surface area contributed by atoms with Crippen LogP contribution in [0.2, 0.25) is 5.02 Å². The van der Waals surface area contributed by atoms with E-state index >= 15 is 0 Å². The Labute approximate surface area is 191 Å². The minimum absolute atomic E-state index is 0.00918. The van der Waals surface area contributed by atoms with Crippen molar-refractivity contribution in [2.45, 2.75) is 37.4 Å². The number of likely N-dealkylation sites (N-methyl/N-ethyl adjacent to an activating group) is 1. The largest absolute Gasteiger partial charge is 0.395 e. The molecule has 8 heteroatoms. The van der Waals surface area contributed by atoms with Crippen molar-refractivity contribution in [2.24, 2.45) is 5.92 Å². The van der Waals surface area contributed by atoms with Crippen molar-refractivity contribution in [3.63, 3.8) is 0 Å². The van der Waals surface area contributed by atoms with Crippen LogP contribution < -0.4 is 0 Å². The Kier molecular flexibility index (Phi) is 9.93. The highest BCUT2D eigenvalue weighted by molar-refractivity contribution is 7.89. The first-order chi connectivity index (χ1) is 14.7. The maximum Gasteiger partial charge on any atom is 0.242 e. The highest BCUT2D eigenvalue weighted by Crippen LogP contribution is 2.22. The summed E-state index contributed by atoms with van der Waals surface area (Å²) in [5.74, 6) is 0.00918. The molecule has 2 aromatic rings. The first kappa shape index (κ1) is 25.8. The first-order valence-corrected chi connectivity index (χ1v) is 12.1. The maximum atomic E-state index is 12.9. The van der Waals surface area contributed by atoms with Crippen LogP contribution in [-0.4, -0.2) is 68.7 Å². The van der Waals surface area contributed by atoms with Gasteiger partial charge in [-0.25, -0.2) is 8.42 Å². The summed E-state index contributed by atoms with van der Waals surface area (Å²) in [5, 5.41) is 10.4. The van der Waals surface area contributed by atoms with Crippen LogP contribution in [0, 0.1) is 5.92 Å². The van der Waals surface area contributed by atoms with E-state index in [1.165, 1.54) is 4.31 Å². The first-order valence-electron chi connectivity index (χ1n) is 10.3. The number of halogens is 1. The zero-order chi connectivity index (χ0) is 23.0. The van der Waals surface area contributed by atoms with E-state index in [1.807, 2.05) is 38.1 Å². The number of aliphatic hydroxyl groups excluding tert-OH is 1. The highest BCUT2D eigenvalue weighted by atomic mass is 35.5. The monoisotopic (exact) mass is 468 g/mol. The van der Waals surface area contributed by atoms with Crippen molar-refractivity contribution in [3.8, 4) is 0 Å². The number of nitrogens with zero attached hydrogens (tertiary/aromatic N) is 2. The van der Waals surface area contributed by atoms with Gasteiger partial charge >= 0.3 is 0 Å². The van der Waals surface area contributed by atoms with Gasteiger partial charge in [0.05, 0.1) is 17.6 Å². The average molecular weight is 469 g/mol. The second kappa shape index (κ2) is 11.9. The van der Waals surface area contributed by atoms with Crippen molar-refractivity contribution in [1.29, 1.82) is 0 Å². The number of ether oxygens (including phenoxy) is 1. The Morgan fingerprint density at radius 1 is 1.03 bits per heavy atom. The number of hydrogen-bond acceptors (Lipinski definition) is 5. The molecule has 3 atom stereocenters. The molecule has 0 unspecified atom stereocenters. The van der Waals surface area contributed by atoms with Gasteiger partial charge in [-0.15, -0.1) is 0 Å². The Morgan fingerprint density at radius 2 is 1.65 bits per heavy atom. The lowest BCUT2D eigenvalue weighted by Gasteiger charge is -2.34. The predicted molar refractivity (Wildman–Crippen MR) is 125 cm³/mol. The third kappa shape index (κ3) is 7.00. The zero-order valence-corrected chi connectivity index (χ0v) is 20.2. The summed E-state index contributed by atoms with van der Waals surface area (Å²) < 4.78 is 32.8. The topological polar surface area (TPSA) is 70.1 Å². The molecule has 0 fully saturated rings. The van der Waals surface area contributed by atoms with Gasteiger partial charge in [0.2, 0.25) is 10.0 Å². The van der Waals surface area contributed by atoms with Crippen molar-refractivity contribution in [1.82, 2.24) is 9.21 Å². The fourth-order valence-corrected chi connectivity index (χ4v) is 4.86. The van der Waals surface area contributed by atoms with Crippen LogP contribution >= 0.6 is 11.6 Å². The zero-order valence-electron chi connectivity index (χ0n) is 18.6. The molecule has 0 heterocycles. The Hall–Kier alpha value is -1.48. The standard InChI is InChI=1S/C23H33ClN2O4S/c1-18(14-26(19(2)17-27)15-20-10-8-9-13-22(20)24)23(30-4)16-25(3)31(28,29)21-11-6-5-7-12-21/h5-13,18-19,23,27H,14-17H2,1-4H3/t18-,19-,23-/m0/s1. The summed E-state index contributed by atoms with van der Waals surface area (Å²) in [6.07, 6.45) is -0.317. The van der Waals surface area contributed by atoms with Gasteiger partial charge in [0.15, 0.2) is 0 Å². The Balaban J connectivity index is 2.11. The molecule has 0 saturated carbocycles. The van der Waals surface area contributed by atoms with Crippen LogP contribution in [-0.2, 0) is 21.3 Å². The molecular formula is C23H33ClN2O4S. The van der Waals surface area contributed by atoms with Gasteiger partial charge in [-0.2, -0.15) is 4.31 Å². The molecule has 1 N–H and O–H groups in total. The fourth-order valence-electron chi connectivity index (χ4n) is 3.46. The van der Waals surface area contributed by atoms with E-state index in [0.717, 1.165) is 5.56 Å². The lowest BCUT2D eigenvalue weighted by molar-refractivity contribution is 0.0194. The lowest BCUT2D eigenvalue weighted by atomic mass is 10.0. The van der Waals surface area contributed by atoms with Crippen LogP contribution in [0.15, 0.2) is 59.5 Å². The van der Waals surface area contributed by atoms with Gasteiger partial charge in [-0.05, 0) is 36.6 Å². The normalized spacial score (nSPS) is 15.2. The van der Waals surface area contributed by atoms with E-state index in [4.69, 9.17) is 16.3 Å². The number of sulfonamides is 1. The smallest absolute Gasteiger partial charge is 0.242 e. The van der Waals surface area contributed by atoms with E-state index in [2.05, 4.69) is 4.90 Å². The summed E-state index contributed by atoms with van der Waals surface area (Å²) in [5.41, 5.74) is 0.981. The van der Waals surface area contributed by atoms with E-state index in [9.17, 15) is 13.5 Å². The average Bonchev–Trinajstić information content (AvgIpc) is 2.78. The van der Waals surface area contributed by atoms with E-state index in [-0.39, 0.29) is 36.1 Å². The third-order valence-electron chi connectivity index (χ3n) is 5.57. The second-order valence-corrected chi connectivity index (χ2v) is 10.4. The molecule has 0 aromatic heterocycles. The fraction of sp³-hybridized carbons (Fsp3) is 0.478. The van der Waals surface area contributed by atoms with Gasteiger partial charge in [-0.1, -0.05) is 54.9 Å². The summed E-state index contributed by atoms with van der Waals surface area (Å²) in [7, 11) is -0.435. The predicted octanol–water partition coefficient (Wildman–Crippen LogP) is 3.49. The molecule has 0 radical (unpaired) electrons. The molecule has 0 bridgehead atoms. The maximum absolute atomic E-state index is 12.9. The second-order valence-electron chi connectivity index (χ2n) is 7.90. The molecule has 172 valence electrons. The molecule has 31 heavy (non-hydrogen) atoms. The van der Waals surface area contributed by atoms with Crippen LogP contribution in [0.3, 0.4) is 0 Å². The molecule has 0 saturated heterocycles. The molecule has 0 spiro atoms.